The molecule has 0 aliphatic carbocycles. The molecular weight excluding hydrogens is 254 g/mol. The summed E-state index contributed by atoms with van der Waals surface area (Å²) in [7, 11) is 0. The number of benzene rings is 1. The van der Waals surface area contributed by atoms with Crippen molar-refractivity contribution < 1.29 is 0 Å². The second kappa shape index (κ2) is 6.17. The van der Waals surface area contributed by atoms with Crippen LogP contribution in [-0.2, 0) is 13.1 Å². The number of hydrogen-bond acceptors (Lipinski definition) is 4. The average molecular weight is 273 g/mol. The minimum absolute atomic E-state index is 0.845. The molecule has 3 nitrogen and oxygen atoms in total. The molecule has 1 aromatic carbocycles. The summed E-state index contributed by atoms with van der Waals surface area (Å²) < 4.78 is 0. The Balaban J connectivity index is 1.63. The van der Waals surface area contributed by atoms with Gasteiger partial charge in [-0.25, -0.2) is 4.98 Å². The largest absolute Gasteiger partial charge is 0.371 e. The molecular formula is C15H19N3S. The van der Waals surface area contributed by atoms with E-state index in [1.165, 1.54) is 37.2 Å². The number of rotatable bonds is 5. The maximum absolute atomic E-state index is 4.29. The van der Waals surface area contributed by atoms with Crippen LogP contribution in [-0.4, -0.2) is 18.1 Å². The van der Waals surface area contributed by atoms with Crippen molar-refractivity contribution >= 4 is 17.0 Å². The first-order valence-corrected chi connectivity index (χ1v) is 7.78. The monoisotopic (exact) mass is 273 g/mol. The summed E-state index contributed by atoms with van der Waals surface area (Å²) in [6.45, 7) is 4.15. The number of anilines is 1. The van der Waals surface area contributed by atoms with Crippen molar-refractivity contribution in [3.8, 4) is 0 Å². The molecule has 3 rings (SSSR count). The molecule has 19 heavy (non-hydrogen) atoms. The second-order valence-corrected chi connectivity index (χ2v) is 5.62. The fraction of sp³-hybridized carbons (Fsp3) is 0.400. The lowest BCUT2D eigenvalue weighted by Gasteiger charge is -2.21. The van der Waals surface area contributed by atoms with Crippen LogP contribution in [0.15, 0.2) is 35.2 Å². The van der Waals surface area contributed by atoms with E-state index in [0.717, 1.165) is 18.8 Å². The Bertz CT molecular complexity index is 504. The minimum atomic E-state index is 0.845. The summed E-state index contributed by atoms with van der Waals surface area (Å²) in [6, 6.07) is 8.73. The second-order valence-electron chi connectivity index (χ2n) is 4.91. The molecule has 0 atom stereocenters. The van der Waals surface area contributed by atoms with Crippen LogP contribution in [0.4, 0.5) is 5.69 Å². The lowest BCUT2D eigenvalue weighted by Crippen LogP contribution is -2.21. The van der Waals surface area contributed by atoms with Gasteiger partial charge in [-0.1, -0.05) is 18.2 Å². The van der Waals surface area contributed by atoms with Crippen molar-refractivity contribution in [1.82, 2.24) is 10.3 Å². The Kier molecular flexibility index (Phi) is 4.10. The zero-order chi connectivity index (χ0) is 12.9. The van der Waals surface area contributed by atoms with E-state index in [0.29, 0.717) is 0 Å². The number of thiazole rings is 1. The maximum atomic E-state index is 4.29. The molecule has 1 aromatic heterocycles. The molecule has 100 valence electrons. The summed E-state index contributed by atoms with van der Waals surface area (Å²) in [5, 5.41) is 5.58. The average Bonchev–Trinajstić information content (AvgIpc) is 3.12. The summed E-state index contributed by atoms with van der Waals surface area (Å²) in [5.74, 6) is 0. The number of hydrogen-bond donors (Lipinski definition) is 1. The first kappa shape index (κ1) is 12.6. The highest BCUT2D eigenvalue weighted by molar-refractivity contribution is 7.07. The van der Waals surface area contributed by atoms with Crippen LogP contribution in [0, 0.1) is 0 Å². The summed E-state index contributed by atoms with van der Waals surface area (Å²) in [6.07, 6.45) is 2.64. The van der Waals surface area contributed by atoms with Crippen molar-refractivity contribution in [2.45, 2.75) is 25.9 Å². The van der Waals surface area contributed by atoms with Crippen LogP contribution < -0.4 is 10.2 Å². The van der Waals surface area contributed by atoms with Crippen LogP contribution in [0.3, 0.4) is 0 Å². The molecule has 1 saturated heterocycles. The standard InChI is InChI=1S/C15H19N3S/c1-2-6-15(18-7-3-4-8-18)13(5-1)9-16-10-14-11-19-12-17-14/h1-2,5-6,11-12,16H,3-4,7-10H2. The Labute approximate surface area is 118 Å². The molecule has 0 radical (unpaired) electrons. The summed E-state index contributed by atoms with van der Waals surface area (Å²) in [5.41, 5.74) is 5.80. The van der Waals surface area contributed by atoms with E-state index in [-0.39, 0.29) is 0 Å². The molecule has 0 saturated carbocycles. The molecule has 0 spiro atoms. The van der Waals surface area contributed by atoms with E-state index in [4.69, 9.17) is 0 Å². The molecule has 0 unspecified atom stereocenters. The van der Waals surface area contributed by atoms with E-state index in [2.05, 4.69) is 44.8 Å². The van der Waals surface area contributed by atoms with Crippen LogP contribution in [0.25, 0.3) is 0 Å². The predicted molar refractivity (Wildman–Crippen MR) is 80.5 cm³/mol. The van der Waals surface area contributed by atoms with E-state index >= 15 is 0 Å². The quantitative estimate of drug-likeness (QED) is 0.907. The Morgan fingerprint density at radius 1 is 1.16 bits per heavy atom. The number of nitrogens with one attached hydrogen (secondary N) is 1. The molecule has 1 aliphatic heterocycles. The fourth-order valence-corrected chi connectivity index (χ4v) is 3.14. The van der Waals surface area contributed by atoms with E-state index in [9.17, 15) is 0 Å². The van der Waals surface area contributed by atoms with Crippen LogP contribution in [0.1, 0.15) is 24.1 Å². The summed E-state index contributed by atoms with van der Waals surface area (Å²) >= 11 is 1.65. The molecule has 2 aromatic rings. The molecule has 0 bridgehead atoms. The van der Waals surface area contributed by atoms with E-state index in [1.54, 1.807) is 11.3 Å². The predicted octanol–water partition coefficient (Wildman–Crippen LogP) is 3.03. The highest BCUT2D eigenvalue weighted by atomic mass is 32.1. The van der Waals surface area contributed by atoms with Crippen molar-refractivity contribution in [2.75, 3.05) is 18.0 Å². The van der Waals surface area contributed by atoms with Gasteiger partial charge in [-0.15, -0.1) is 11.3 Å². The van der Waals surface area contributed by atoms with Crippen molar-refractivity contribution in [3.05, 3.63) is 46.4 Å². The lowest BCUT2D eigenvalue weighted by molar-refractivity contribution is 0.681. The van der Waals surface area contributed by atoms with Crippen molar-refractivity contribution in [1.29, 1.82) is 0 Å². The maximum Gasteiger partial charge on any atom is 0.0795 e. The van der Waals surface area contributed by atoms with Crippen LogP contribution in [0.2, 0.25) is 0 Å². The summed E-state index contributed by atoms with van der Waals surface area (Å²) in [4.78, 5) is 6.79. The van der Waals surface area contributed by atoms with Gasteiger partial charge in [-0.3, -0.25) is 0 Å². The topological polar surface area (TPSA) is 28.2 Å². The molecule has 1 aliphatic rings. The number of para-hydroxylation sites is 1. The lowest BCUT2D eigenvalue weighted by atomic mass is 10.1. The van der Waals surface area contributed by atoms with Gasteiger partial charge in [0.2, 0.25) is 0 Å². The molecule has 2 heterocycles. The third kappa shape index (κ3) is 3.14. The van der Waals surface area contributed by atoms with Gasteiger partial charge in [-0.2, -0.15) is 0 Å². The van der Waals surface area contributed by atoms with E-state index in [1.807, 2.05) is 5.51 Å². The van der Waals surface area contributed by atoms with E-state index < -0.39 is 0 Å². The molecule has 0 amide bonds. The van der Waals surface area contributed by atoms with Gasteiger partial charge in [0.15, 0.2) is 0 Å². The third-order valence-corrected chi connectivity index (χ3v) is 4.18. The SMILES string of the molecule is c1ccc(N2CCCC2)c(CNCc2cscn2)c1. The van der Waals surface area contributed by atoms with Crippen molar-refractivity contribution in [2.24, 2.45) is 0 Å². The van der Waals surface area contributed by atoms with Gasteiger partial charge in [0.25, 0.3) is 0 Å². The van der Waals surface area contributed by atoms with Gasteiger partial charge < -0.3 is 10.2 Å². The zero-order valence-corrected chi connectivity index (χ0v) is 11.8. The van der Waals surface area contributed by atoms with Crippen LogP contribution in [0.5, 0.6) is 0 Å². The Morgan fingerprint density at radius 2 is 2.00 bits per heavy atom. The number of aromatic nitrogens is 1. The Hall–Kier alpha value is -1.39. The van der Waals surface area contributed by atoms with Gasteiger partial charge in [0, 0.05) is 37.2 Å². The van der Waals surface area contributed by atoms with Crippen LogP contribution >= 0.6 is 11.3 Å². The van der Waals surface area contributed by atoms with Gasteiger partial charge >= 0.3 is 0 Å². The first-order chi connectivity index (χ1) is 9.43. The van der Waals surface area contributed by atoms with Crippen molar-refractivity contribution in [3.63, 3.8) is 0 Å². The molecule has 1 fully saturated rings. The highest BCUT2D eigenvalue weighted by Gasteiger charge is 2.14. The first-order valence-electron chi connectivity index (χ1n) is 6.84. The van der Waals surface area contributed by atoms with Gasteiger partial charge in [-0.05, 0) is 24.5 Å². The van der Waals surface area contributed by atoms with Gasteiger partial charge in [0.1, 0.15) is 0 Å². The zero-order valence-electron chi connectivity index (χ0n) is 11.0. The fourth-order valence-electron chi connectivity index (χ4n) is 2.58. The highest BCUT2D eigenvalue weighted by Crippen LogP contribution is 2.24. The third-order valence-electron chi connectivity index (χ3n) is 3.54. The minimum Gasteiger partial charge on any atom is -0.371 e. The Morgan fingerprint density at radius 3 is 2.79 bits per heavy atom. The smallest absolute Gasteiger partial charge is 0.0795 e. The normalized spacial score (nSPS) is 15.1. The molecule has 4 heteroatoms. The number of nitrogens with zero attached hydrogens (tertiary/aromatic N) is 2. The molecule has 1 N–H and O–H groups in total. The van der Waals surface area contributed by atoms with Gasteiger partial charge in [0.05, 0.1) is 11.2 Å².